The van der Waals surface area contributed by atoms with Gasteiger partial charge in [-0.2, -0.15) is 5.10 Å². The molecule has 0 atom stereocenters. The Kier molecular flexibility index (Phi) is 3.68. The quantitative estimate of drug-likeness (QED) is 0.937. The predicted octanol–water partition coefficient (Wildman–Crippen LogP) is 2.15. The lowest BCUT2D eigenvalue weighted by Gasteiger charge is -2.00. The van der Waals surface area contributed by atoms with Crippen LogP contribution in [0.5, 0.6) is 0 Å². The number of halogens is 2. The van der Waals surface area contributed by atoms with Crippen molar-refractivity contribution >= 4 is 33.4 Å². The maximum Gasteiger partial charge on any atom is 0.239 e. The first-order valence-electron chi connectivity index (χ1n) is 5.12. The van der Waals surface area contributed by atoms with Gasteiger partial charge in [-0.3, -0.25) is 4.79 Å². The molecule has 0 bridgehead atoms. The minimum atomic E-state index is -0.462. The van der Waals surface area contributed by atoms with Crippen molar-refractivity contribution in [2.45, 2.75) is 13.5 Å². The number of carbonyl (C=O) groups excluding carboxylic acids is 1. The van der Waals surface area contributed by atoms with Crippen molar-refractivity contribution in [3.8, 4) is 11.4 Å². The molecule has 1 aromatic carbocycles. The van der Waals surface area contributed by atoms with Gasteiger partial charge in [-0.15, -0.1) is 0 Å². The van der Waals surface area contributed by atoms with E-state index < -0.39 is 5.91 Å². The highest BCUT2D eigenvalue weighted by molar-refractivity contribution is 9.10. The Hall–Kier alpha value is -1.40. The number of aromatic nitrogens is 3. The number of nitrogens with two attached hydrogens (primary N) is 1. The van der Waals surface area contributed by atoms with Crippen LogP contribution in [0.25, 0.3) is 11.4 Å². The third kappa shape index (κ3) is 2.70. The normalized spacial score (nSPS) is 10.6. The maximum atomic E-state index is 10.9. The first kappa shape index (κ1) is 13.0. The number of rotatable bonds is 3. The third-order valence-electron chi connectivity index (χ3n) is 2.33. The molecule has 7 heteroatoms. The first-order chi connectivity index (χ1) is 8.47. The van der Waals surface area contributed by atoms with Gasteiger partial charge in [0.25, 0.3) is 0 Å². The molecule has 18 heavy (non-hydrogen) atoms. The average Bonchev–Trinajstić information content (AvgIpc) is 2.59. The molecular formula is C11H10BrClN4O. The van der Waals surface area contributed by atoms with E-state index in [4.69, 9.17) is 17.3 Å². The second kappa shape index (κ2) is 5.07. The van der Waals surface area contributed by atoms with Gasteiger partial charge in [0, 0.05) is 10.0 Å². The van der Waals surface area contributed by atoms with Gasteiger partial charge in [-0.1, -0.05) is 27.5 Å². The molecule has 0 aliphatic carbocycles. The Labute approximate surface area is 117 Å². The van der Waals surface area contributed by atoms with Gasteiger partial charge in [0.15, 0.2) is 5.82 Å². The number of aryl methyl sites for hydroxylation is 1. The molecule has 0 spiro atoms. The number of amides is 1. The highest BCUT2D eigenvalue weighted by Crippen LogP contribution is 2.28. The molecule has 0 radical (unpaired) electrons. The van der Waals surface area contributed by atoms with Crippen LogP contribution >= 0.6 is 27.5 Å². The van der Waals surface area contributed by atoms with Crippen LogP contribution in [0.2, 0.25) is 5.02 Å². The molecule has 0 aliphatic rings. The van der Waals surface area contributed by atoms with E-state index in [0.717, 1.165) is 4.47 Å². The molecule has 94 valence electrons. The summed E-state index contributed by atoms with van der Waals surface area (Å²) in [4.78, 5) is 15.1. The van der Waals surface area contributed by atoms with Gasteiger partial charge < -0.3 is 5.73 Å². The zero-order chi connectivity index (χ0) is 13.3. The van der Waals surface area contributed by atoms with Crippen molar-refractivity contribution in [3.63, 3.8) is 0 Å². The minimum Gasteiger partial charge on any atom is -0.368 e. The number of carbonyl (C=O) groups is 1. The molecule has 2 rings (SSSR count). The molecule has 1 heterocycles. The lowest BCUT2D eigenvalue weighted by atomic mass is 10.2. The van der Waals surface area contributed by atoms with E-state index in [2.05, 4.69) is 26.0 Å². The molecule has 0 aliphatic heterocycles. The fourth-order valence-corrected chi connectivity index (χ4v) is 2.26. The Morgan fingerprint density at radius 3 is 2.89 bits per heavy atom. The summed E-state index contributed by atoms with van der Waals surface area (Å²) in [5.41, 5.74) is 5.85. The Bertz CT molecular complexity index is 611. The van der Waals surface area contributed by atoms with Crippen LogP contribution in [0, 0.1) is 6.92 Å². The second-order valence-corrected chi connectivity index (χ2v) is 5.05. The summed E-state index contributed by atoms with van der Waals surface area (Å²) in [7, 11) is 0. The number of nitrogens with zero attached hydrogens (tertiary/aromatic N) is 3. The number of hydrogen-bond donors (Lipinski definition) is 1. The molecule has 5 nitrogen and oxygen atoms in total. The Morgan fingerprint density at radius 2 is 2.28 bits per heavy atom. The summed E-state index contributed by atoms with van der Waals surface area (Å²) in [5, 5.41) is 4.76. The molecule has 1 amide bonds. The van der Waals surface area contributed by atoms with E-state index in [-0.39, 0.29) is 6.54 Å². The van der Waals surface area contributed by atoms with Crippen molar-refractivity contribution in [1.82, 2.24) is 14.8 Å². The Morgan fingerprint density at radius 1 is 1.56 bits per heavy atom. The lowest BCUT2D eigenvalue weighted by Crippen LogP contribution is -2.20. The van der Waals surface area contributed by atoms with Crippen molar-refractivity contribution in [2.24, 2.45) is 5.73 Å². The topological polar surface area (TPSA) is 73.8 Å². The van der Waals surface area contributed by atoms with E-state index in [9.17, 15) is 4.79 Å². The van der Waals surface area contributed by atoms with Crippen molar-refractivity contribution in [3.05, 3.63) is 33.5 Å². The zero-order valence-corrected chi connectivity index (χ0v) is 11.9. The lowest BCUT2D eigenvalue weighted by molar-refractivity contribution is -0.118. The summed E-state index contributed by atoms with van der Waals surface area (Å²) in [5.74, 6) is 0.630. The van der Waals surface area contributed by atoms with Crippen LogP contribution in [-0.4, -0.2) is 20.7 Å². The second-order valence-electron chi connectivity index (χ2n) is 3.73. The van der Waals surface area contributed by atoms with E-state index in [0.29, 0.717) is 22.2 Å². The maximum absolute atomic E-state index is 10.9. The van der Waals surface area contributed by atoms with E-state index in [1.165, 1.54) is 4.68 Å². The van der Waals surface area contributed by atoms with Gasteiger partial charge in [0.1, 0.15) is 12.4 Å². The molecule has 0 saturated heterocycles. The standard InChI is InChI=1S/C11H10BrClN4O/c1-6-15-11(16-17(6)5-10(14)18)8-3-2-7(12)4-9(8)13/h2-4H,5H2,1H3,(H2,14,18). The van der Waals surface area contributed by atoms with Gasteiger partial charge in [-0.05, 0) is 25.1 Å². The number of primary amides is 1. The van der Waals surface area contributed by atoms with Crippen LogP contribution in [0.15, 0.2) is 22.7 Å². The fourth-order valence-electron chi connectivity index (χ4n) is 1.50. The monoisotopic (exact) mass is 328 g/mol. The van der Waals surface area contributed by atoms with Crippen LogP contribution in [0.3, 0.4) is 0 Å². The van der Waals surface area contributed by atoms with Crippen LogP contribution < -0.4 is 5.73 Å². The van der Waals surface area contributed by atoms with Crippen LogP contribution in [0.4, 0.5) is 0 Å². The summed E-state index contributed by atoms with van der Waals surface area (Å²) in [6.45, 7) is 1.76. The minimum absolute atomic E-state index is 0.00692. The zero-order valence-electron chi connectivity index (χ0n) is 9.52. The molecule has 0 fully saturated rings. The highest BCUT2D eigenvalue weighted by Gasteiger charge is 2.12. The van der Waals surface area contributed by atoms with Gasteiger partial charge in [0.05, 0.1) is 5.02 Å². The Balaban J connectivity index is 2.42. The molecular weight excluding hydrogens is 320 g/mol. The fraction of sp³-hybridized carbons (Fsp3) is 0.182. The summed E-state index contributed by atoms with van der Waals surface area (Å²) < 4.78 is 2.33. The van der Waals surface area contributed by atoms with Gasteiger partial charge in [0.2, 0.25) is 5.91 Å². The van der Waals surface area contributed by atoms with Crippen molar-refractivity contribution in [1.29, 1.82) is 0 Å². The SMILES string of the molecule is Cc1nc(-c2ccc(Br)cc2Cl)nn1CC(N)=O. The number of hydrogen-bond acceptors (Lipinski definition) is 3. The van der Waals surface area contributed by atoms with Crippen LogP contribution in [0.1, 0.15) is 5.82 Å². The smallest absolute Gasteiger partial charge is 0.239 e. The van der Waals surface area contributed by atoms with E-state index in [1.54, 1.807) is 13.0 Å². The summed E-state index contributed by atoms with van der Waals surface area (Å²) in [6.07, 6.45) is 0. The molecule has 1 aromatic heterocycles. The molecule has 0 unspecified atom stereocenters. The first-order valence-corrected chi connectivity index (χ1v) is 6.29. The number of benzene rings is 1. The average molecular weight is 330 g/mol. The molecule has 2 N–H and O–H groups in total. The third-order valence-corrected chi connectivity index (χ3v) is 3.14. The molecule has 2 aromatic rings. The largest absolute Gasteiger partial charge is 0.368 e. The van der Waals surface area contributed by atoms with Crippen molar-refractivity contribution < 1.29 is 4.79 Å². The predicted molar refractivity (Wildman–Crippen MR) is 72.1 cm³/mol. The summed E-state index contributed by atoms with van der Waals surface area (Å²) >= 11 is 9.45. The van der Waals surface area contributed by atoms with E-state index in [1.807, 2.05) is 12.1 Å². The van der Waals surface area contributed by atoms with Crippen LogP contribution in [-0.2, 0) is 11.3 Å². The molecule has 0 saturated carbocycles. The van der Waals surface area contributed by atoms with Gasteiger partial charge in [-0.25, -0.2) is 9.67 Å². The van der Waals surface area contributed by atoms with Crippen molar-refractivity contribution in [2.75, 3.05) is 0 Å². The summed E-state index contributed by atoms with van der Waals surface area (Å²) in [6, 6.07) is 5.43. The van der Waals surface area contributed by atoms with Gasteiger partial charge >= 0.3 is 0 Å². The highest BCUT2D eigenvalue weighted by atomic mass is 79.9. The van der Waals surface area contributed by atoms with E-state index >= 15 is 0 Å².